The van der Waals surface area contributed by atoms with Gasteiger partial charge >= 0.3 is 0 Å². The van der Waals surface area contributed by atoms with Gasteiger partial charge in [-0.1, -0.05) is 40.7 Å². The highest BCUT2D eigenvalue weighted by Gasteiger charge is 1.93. The van der Waals surface area contributed by atoms with Crippen LogP contribution in [-0.4, -0.2) is 31.6 Å². The Hall–Kier alpha value is -0.500. The largest absolute Gasteiger partial charge is 0.377 e. The number of nitrogens with zero attached hydrogens (tertiary/aromatic N) is 1. The zero-order chi connectivity index (χ0) is 12.3. The monoisotopic (exact) mass is 214 g/mol. The fourth-order valence-corrected chi connectivity index (χ4v) is 0.614. The summed E-state index contributed by atoms with van der Waals surface area (Å²) in [6, 6.07) is 0. The third-order valence-corrected chi connectivity index (χ3v) is 2.34. The number of nitrogens with one attached hydrogen (secondary N) is 1. The smallest absolute Gasteiger partial charge is 0.0296 e. The Morgan fingerprint density at radius 1 is 1.33 bits per heavy atom. The van der Waals surface area contributed by atoms with Gasteiger partial charge in [-0.15, -0.1) is 0 Å². The minimum absolute atomic E-state index is 0.884. The molecular formula is C13H30N2. The molecule has 1 N–H and O–H groups in total. The van der Waals surface area contributed by atoms with E-state index in [4.69, 9.17) is 0 Å². The highest BCUT2D eigenvalue weighted by atomic mass is 15.1. The van der Waals surface area contributed by atoms with Crippen LogP contribution in [0.3, 0.4) is 0 Å². The normalized spacial score (nSPS) is 9.53. The maximum absolute atomic E-state index is 3.83. The third-order valence-electron chi connectivity index (χ3n) is 2.34. The molecule has 0 bridgehead atoms. The van der Waals surface area contributed by atoms with Crippen molar-refractivity contribution < 1.29 is 0 Å². The molecule has 0 rings (SSSR count). The molecule has 0 spiro atoms. The molecule has 0 aromatic carbocycles. The van der Waals surface area contributed by atoms with Crippen LogP contribution in [0.1, 0.15) is 41.0 Å². The number of allylic oxidation sites excluding steroid dienone is 1. The van der Waals surface area contributed by atoms with Gasteiger partial charge in [0.15, 0.2) is 0 Å². The van der Waals surface area contributed by atoms with Crippen molar-refractivity contribution >= 4 is 0 Å². The van der Waals surface area contributed by atoms with Gasteiger partial charge in [-0.2, -0.15) is 0 Å². The number of hydrogen-bond acceptors (Lipinski definition) is 2. The van der Waals surface area contributed by atoms with Gasteiger partial charge in [0.1, 0.15) is 0 Å². The molecule has 0 radical (unpaired) electrons. The van der Waals surface area contributed by atoms with Crippen LogP contribution in [0.25, 0.3) is 0 Å². The summed E-state index contributed by atoms with van der Waals surface area (Å²) in [7, 11) is 2.06. The van der Waals surface area contributed by atoms with Crippen molar-refractivity contribution in [1.29, 1.82) is 0 Å². The van der Waals surface area contributed by atoms with Crippen LogP contribution in [0.15, 0.2) is 12.3 Å². The van der Waals surface area contributed by atoms with Gasteiger partial charge in [-0.05, 0) is 19.4 Å². The quantitative estimate of drug-likeness (QED) is 0.683. The van der Waals surface area contributed by atoms with E-state index >= 15 is 0 Å². The second kappa shape index (κ2) is 11.6. The highest BCUT2D eigenvalue weighted by molar-refractivity contribution is 4.85. The van der Waals surface area contributed by atoms with E-state index in [1.165, 1.54) is 6.42 Å². The summed E-state index contributed by atoms with van der Waals surface area (Å²) < 4.78 is 0. The summed E-state index contributed by atoms with van der Waals surface area (Å²) in [4.78, 5) is 2.14. The van der Waals surface area contributed by atoms with Crippen LogP contribution in [0.4, 0.5) is 0 Å². The van der Waals surface area contributed by atoms with E-state index in [9.17, 15) is 0 Å². The van der Waals surface area contributed by atoms with Gasteiger partial charge in [0.2, 0.25) is 0 Å². The first kappa shape index (κ1) is 16.9. The second-order valence-electron chi connectivity index (χ2n) is 4.31. The second-order valence-corrected chi connectivity index (χ2v) is 4.31. The van der Waals surface area contributed by atoms with Crippen LogP contribution < -0.4 is 5.32 Å². The zero-order valence-electron chi connectivity index (χ0n) is 11.6. The van der Waals surface area contributed by atoms with Crippen molar-refractivity contribution in [2.24, 2.45) is 5.92 Å². The van der Waals surface area contributed by atoms with E-state index in [0.29, 0.717) is 0 Å². The van der Waals surface area contributed by atoms with Gasteiger partial charge in [0.25, 0.3) is 0 Å². The van der Waals surface area contributed by atoms with E-state index in [1.54, 1.807) is 0 Å². The van der Waals surface area contributed by atoms with Crippen LogP contribution >= 0.6 is 0 Å². The topological polar surface area (TPSA) is 15.3 Å². The van der Waals surface area contributed by atoms with Crippen molar-refractivity contribution in [3.63, 3.8) is 0 Å². The molecule has 15 heavy (non-hydrogen) atoms. The van der Waals surface area contributed by atoms with Crippen LogP contribution in [0, 0.1) is 5.92 Å². The fourth-order valence-electron chi connectivity index (χ4n) is 0.614. The summed E-state index contributed by atoms with van der Waals surface area (Å²) in [5.41, 5.74) is 1.12. The van der Waals surface area contributed by atoms with Crippen LogP contribution in [-0.2, 0) is 0 Å². The van der Waals surface area contributed by atoms with Crippen LogP contribution in [0.5, 0.6) is 0 Å². The Morgan fingerprint density at radius 3 is 2.07 bits per heavy atom. The lowest BCUT2D eigenvalue weighted by atomic mass is 10.2. The molecule has 0 saturated heterocycles. The lowest BCUT2D eigenvalue weighted by Crippen LogP contribution is -2.27. The maximum Gasteiger partial charge on any atom is 0.0296 e. The van der Waals surface area contributed by atoms with E-state index in [1.807, 2.05) is 6.92 Å². The van der Waals surface area contributed by atoms with E-state index in [0.717, 1.165) is 31.2 Å². The first-order valence-electron chi connectivity index (χ1n) is 6.02. The molecule has 0 aliphatic rings. The molecule has 0 aliphatic heterocycles. The molecule has 0 heterocycles. The van der Waals surface area contributed by atoms with Crippen molar-refractivity contribution in [2.75, 3.05) is 26.7 Å². The van der Waals surface area contributed by atoms with Crippen molar-refractivity contribution in [2.45, 2.75) is 41.0 Å². The molecule has 0 atom stereocenters. The molecular weight excluding hydrogens is 184 g/mol. The highest BCUT2D eigenvalue weighted by Crippen LogP contribution is 1.94. The predicted octanol–water partition coefficient (Wildman–Crippen LogP) is 3.11. The van der Waals surface area contributed by atoms with Gasteiger partial charge in [0.05, 0.1) is 0 Å². The Kier molecular flexibility index (Phi) is 13.1. The van der Waals surface area contributed by atoms with E-state index in [2.05, 4.69) is 51.5 Å². The van der Waals surface area contributed by atoms with Gasteiger partial charge in [-0.25, -0.2) is 0 Å². The Bertz CT molecular complexity index is 141. The molecule has 92 valence electrons. The van der Waals surface area contributed by atoms with Gasteiger partial charge in [-0.3, -0.25) is 0 Å². The molecule has 0 fully saturated rings. The Balaban J connectivity index is 0. The minimum Gasteiger partial charge on any atom is -0.377 e. The molecule has 2 nitrogen and oxygen atoms in total. The van der Waals surface area contributed by atoms with E-state index in [-0.39, 0.29) is 0 Å². The number of rotatable bonds is 6. The Morgan fingerprint density at radius 2 is 1.80 bits per heavy atom. The minimum atomic E-state index is 0.884. The summed E-state index contributed by atoms with van der Waals surface area (Å²) >= 11 is 0. The molecule has 0 amide bonds. The summed E-state index contributed by atoms with van der Waals surface area (Å²) in [6.45, 7) is 17.7. The molecule has 0 aromatic heterocycles. The first-order valence-corrected chi connectivity index (χ1v) is 6.02. The fraction of sp³-hybridized carbons (Fsp3) is 0.846. The zero-order valence-corrected chi connectivity index (χ0v) is 11.6. The Labute approximate surface area is 96.7 Å². The standard InChI is InChI=1S/C8H18N2.C5H12/c1-5-9-6-7-10(4)8(2)3;1-4-5(2)3/h9H,2,5-7H2,1,3-4H3;5H,4H2,1-3H3. The third kappa shape index (κ3) is 16.2. The lowest BCUT2D eigenvalue weighted by molar-refractivity contribution is 0.413. The summed E-state index contributed by atoms with van der Waals surface area (Å²) in [6.07, 6.45) is 1.31. The number of hydrogen-bond donors (Lipinski definition) is 1. The summed E-state index contributed by atoms with van der Waals surface area (Å²) in [5.74, 6) is 0.884. The molecule has 0 unspecified atom stereocenters. The molecule has 0 saturated carbocycles. The predicted molar refractivity (Wildman–Crippen MR) is 71.1 cm³/mol. The first-order chi connectivity index (χ1) is 6.95. The van der Waals surface area contributed by atoms with E-state index < -0.39 is 0 Å². The van der Waals surface area contributed by atoms with Crippen molar-refractivity contribution in [3.8, 4) is 0 Å². The maximum atomic E-state index is 3.83. The summed E-state index contributed by atoms with van der Waals surface area (Å²) in [5, 5.41) is 3.25. The van der Waals surface area contributed by atoms with Crippen molar-refractivity contribution in [3.05, 3.63) is 12.3 Å². The SMILES string of the molecule is C=C(C)N(C)CCNCC.CCC(C)C. The molecule has 0 aromatic rings. The number of likely N-dealkylation sites (N-methyl/N-ethyl adjacent to an activating group) is 2. The van der Waals surface area contributed by atoms with Gasteiger partial charge < -0.3 is 10.2 Å². The van der Waals surface area contributed by atoms with Crippen LogP contribution in [0.2, 0.25) is 0 Å². The van der Waals surface area contributed by atoms with Gasteiger partial charge in [0, 0.05) is 25.8 Å². The average molecular weight is 214 g/mol. The van der Waals surface area contributed by atoms with Crippen molar-refractivity contribution in [1.82, 2.24) is 10.2 Å². The lowest BCUT2D eigenvalue weighted by Gasteiger charge is -2.18. The molecule has 2 heteroatoms. The molecule has 0 aliphatic carbocycles. The average Bonchev–Trinajstić information content (AvgIpc) is 2.18.